The zero-order chi connectivity index (χ0) is 52.6. The summed E-state index contributed by atoms with van der Waals surface area (Å²) in [6.45, 7) is 14.7. The smallest absolute Gasteiger partial charge is 0.329 e. The van der Waals surface area contributed by atoms with E-state index in [0.29, 0.717) is 76.2 Å². The van der Waals surface area contributed by atoms with Gasteiger partial charge in [-0.05, 0) is 113 Å². The topological polar surface area (TPSA) is 201 Å². The SMILES string of the molecule is CCCCC(=O)O[C@@H]1CC[C@@H](C[C@@H](C)[C@@H]2CC(=O)[C@H](C)/C=C(\C)[C@@H](O)[C@@H](OC)C(=O)[C@H](C)C[C@H](C)/C=C/C=C/C=C(\C)[C@@H](OC)C[C@@H]3CC[C@@H](C)[C@@](O)(O3)C(=O)C(=O)N3CCCC[C@H]3C(=O)O2)C[C@H]1OC. The number of fused-ring (bicyclic) bond motifs is 3. The predicted molar refractivity (Wildman–Crippen MR) is 269 cm³/mol. The van der Waals surface area contributed by atoms with Gasteiger partial charge in [-0.3, -0.25) is 24.0 Å². The van der Waals surface area contributed by atoms with E-state index < -0.39 is 77.8 Å². The van der Waals surface area contributed by atoms with Crippen LogP contribution in [0, 0.1) is 35.5 Å². The van der Waals surface area contributed by atoms with E-state index in [9.17, 15) is 39.0 Å². The molecule has 400 valence electrons. The minimum Gasteiger partial charge on any atom is -0.460 e. The summed E-state index contributed by atoms with van der Waals surface area (Å²) in [6.07, 6.45) is 13.2. The number of methoxy groups -OCH3 is 3. The first-order valence-corrected chi connectivity index (χ1v) is 26.4. The number of ketones is 3. The maximum absolute atomic E-state index is 14.5. The number of Topliss-reactive ketones (excluding diaryl/α,β-unsaturated/α-hetero) is 3. The van der Waals surface area contributed by atoms with Crippen molar-refractivity contribution in [2.45, 2.75) is 206 Å². The number of nitrogens with zero attached hydrogens (tertiary/aromatic N) is 1. The number of carbonyl (C=O) groups is 6. The molecular formula is C56H87NO14. The Morgan fingerprint density at radius 2 is 1.61 bits per heavy atom. The van der Waals surface area contributed by atoms with Crippen molar-refractivity contribution in [3.8, 4) is 0 Å². The number of rotatable bonds is 10. The third-order valence-electron chi connectivity index (χ3n) is 15.5. The Morgan fingerprint density at radius 3 is 2.28 bits per heavy atom. The Kier molecular flexibility index (Phi) is 24.0. The van der Waals surface area contributed by atoms with Gasteiger partial charge in [-0.15, -0.1) is 0 Å². The number of aliphatic hydroxyl groups is 2. The summed E-state index contributed by atoms with van der Waals surface area (Å²) >= 11 is 0. The molecule has 0 aromatic heterocycles. The molecule has 3 fully saturated rings. The minimum atomic E-state index is -2.44. The molecule has 0 aromatic carbocycles. The average molecular weight is 998 g/mol. The molecule has 15 nitrogen and oxygen atoms in total. The highest BCUT2D eigenvalue weighted by Gasteiger charge is 2.53. The standard InChI is InChI=1S/C56H87NO14/c1-12-13-22-49(59)69-45-26-24-41(31-48(45)67-10)30-37(5)47-33-44(58)36(4)29-39(7)51(61)52(68-11)50(60)38(6)28-34(2)19-15-14-16-20-35(3)46(66-9)32-42-25-23-40(8)56(65,71-42)53(62)54(63)57-27-18-17-21-43(57)55(64)70-47/h14-16,19-20,29,34,36-38,40-43,45-48,51-52,61,65H,12-13,17-18,21-28,30-33H2,1-11H3/b16-14+,19-15+,35-20+,39-29+/t34-,36-,37-,38-,40-,41+,42+,43+,45-,46+,47+,48-,51-,52+,56-/m1/s1. The average Bonchev–Trinajstić information content (AvgIpc) is 3.35. The van der Waals surface area contributed by atoms with Crippen molar-refractivity contribution in [2.75, 3.05) is 27.9 Å². The molecule has 3 heterocycles. The second kappa shape index (κ2) is 28.6. The number of aliphatic hydroxyl groups excluding tert-OH is 1. The monoisotopic (exact) mass is 998 g/mol. The number of hydrogen-bond donors (Lipinski definition) is 2. The summed E-state index contributed by atoms with van der Waals surface area (Å²) in [6, 6.07) is -1.16. The number of allylic oxidation sites excluding steroid dienone is 6. The fraction of sp³-hybridized carbons (Fsp3) is 0.750. The molecule has 1 amide bonds. The van der Waals surface area contributed by atoms with Crippen molar-refractivity contribution in [1.29, 1.82) is 0 Å². The number of esters is 2. The van der Waals surface area contributed by atoms with Crippen LogP contribution in [0.2, 0.25) is 0 Å². The number of carbonyl (C=O) groups excluding carboxylic acids is 6. The van der Waals surface area contributed by atoms with Gasteiger partial charge < -0.3 is 43.5 Å². The van der Waals surface area contributed by atoms with Crippen LogP contribution < -0.4 is 0 Å². The molecule has 0 aromatic rings. The second-order valence-corrected chi connectivity index (χ2v) is 21.2. The lowest BCUT2D eigenvalue weighted by Gasteiger charge is -2.42. The lowest BCUT2D eigenvalue weighted by Crippen LogP contribution is -2.61. The van der Waals surface area contributed by atoms with Crippen LogP contribution in [0.25, 0.3) is 0 Å². The predicted octanol–water partition coefficient (Wildman–Crippen LogP) is 7.92. The zero-order valence-electron chi connectivity index (χ0n) is 44.6. The van der Waals surface area contributed by atoms with Crippen molar-refractivity contribution < 1.29 is 67.4 Å². The van der Waals surface area contributed by atoms with Gasteiger partial charge in [0.1, 0.15) is 36.2 Å². The Labute approximate surface area is 423 Å². The van der Waals surface area contributed by atoms with Crippen molar-refractivity contribution in [2.24, 2.45) is 35.5 Å². The molecule has 2 saturated heterocycles. The Morgan fingerprint density at radius 1 is 0.873 bits per heavy atom. The highest BCUT2D eigenvalue weighted by Crippen LogP contribution is 2.38. The number of hydrogen-bond acceptors (Lipinski definition) is 14. The fourth-order valence-electron chi connectivity index (χ4n) is 10.8. The molecule has 0 radical (unpaired) electrons. The van der Waals surface area contributed by atoms with E-state index in [2.05, 4.69) is 0 Å². The molecule has 4 aliphatic rings. The molecule has 2 N–H and O–H groups in total. The van der Waals surface area contributed by atoms with Crippen LogP contribution in [0.3, 0.4) is 0 Å². The molecule has 71 heavy (non-hydrogen) atoms. The summed E-state index contributed by atoms with van der Waals surface area (Å²) in [5.41, 5.74) is 1.25. The molecule has 1 saturated carbocycles. The van der Waals surface area contributed by atoms with Gasteiger partial charge in [0.25, 0.3) is 11.7 Å². The molecule has 4 rings (SSSR count). The number of unbranched alkanes of at least 4 members (excludes halogenated alkanes) is 1. The van der Waals surface area contributed by atoms with Crippen LogP contribution in [0.1, 0.15) is 152 Å². The molecule has 2 bridgehead atoms. The summed E-state index contributed by atoms with van der Waals surface area (Å²) in [5, 5.41) is 23.5. The van der Waals surface area contributed by atoms with E-state index in [1.807, 2.05) is 65.0 Å². The summed E-state index contributed by atoms with van der Waals surface area (Å²) < 4.78 is 35.6. The third-order valence-corrected chi connectivity index (χ3v) is 15.5. The lowest BCUT2D eigenvalue weighted by molar-refractivity contribution is -0.265. The van der Waals surface area contributed by atoms with E-state index in [4.69, 9.17) is 28.4 Å². The van der Waals surface area contributed by atoms with Gasteiger partial charge in [-0.25, -0.2) is 4.79 Å². The summed E-state index contributed by atoms with van der Waals surface area (Å²) in [5.74, 6) is -8.39. The highest BCUT2D eigenvalue weighted by atomic mass is 16.6. The van der Waals surface area contributed by atoms with Crippen molar-refractivity contribution in [3.63, 3.8) is 0 Å². The number of piperidine rings is 1. The minimum absolute atomic E-state index is 0.0104. The first kappa shape index (κ1) is 59.7. The van der Waals surface area contributed by atoms with Crippen LogP contribution in [0.5, 0.6) is 0 Å². The van der Waals surface area contributed by atoms with E-state index in [1.165, 1.54) is 12.0 Å². The van der Waals surface area contributed by atoms with Gasteiger partial charge in [0.05, 0.1) is 18.3 Å². The van der Waals surface area contributed by atoms with Crippen molar-refractivity contribution in [3.05, 3.63) is 47.6 Å². The van der Waals surface area contributed by atoms with Gasteiger partial charge >= 0.3 is 11.9 Å². The molecule has 3 aliphatic heterocycles. The molecule has 0 unspecified atom stereocenters. The zero-order valence-corrected chi connectivity index (χ0v) is 44.6. The Hall–Kier alpha value is -3.86. The maximum atomic E-state index is 14.5. The van der Waals surface area contributed by atoms with Crippen LogP contribution in [-0.4, -0.2) is 133 Å². The number of ether oxygens (including phenoxy) is 6. The normalized spacial score (nSPS) is 37.9. The van der Waals surface area contributed by atoms with E-state index in [0.717, 1.165) is 18.4 Å². The fourth-order valence-corrected chi connectivity index (χ4v) is 10.8. The quantitative estimate of drug-likeness (QED) is 0.121. The summed E-state index contributed by atoms with van der Waals surface area (Å²) in [4.78, 5) is 84.9. The third kappa shape index (κ3) is 16.6. The van der Waals surface area contributed by atoms with Crippen LogP contribution in [0.4, 0.5) is 0 Å². The van der Waals surface area contributed by atoms with Crippen LogP contribution >= 0.6 is 0 Å². The van der Waals surface area contributed by atoms with Gasteiger partial charge in [0.2, 0.25) is 5.79 Å². The Balaban J connectivity index is 1.69. The van der Waals surface area contributed by atoms with Crippen LogP contribution in [0.15, 0.2) is 47.6 Å². The molecule has 0 spiro atoms. The highest BCUT2D eigenvalue weighted by molar-refractivity contribution is 6.39. The van der Waals surface area contributed by atoms with E-state index >= 15 is 0 Å². The second-order valence-electron chi connectivity index (χ2n) is 21.2. The first-order chi connectivity index (χ1) is 33.7. The molecule has 15 heteroatoms. The van der Waals surface area contributed by atoms with Gasteiger partial charge in [0, 0.05) is 64.9 Å². The van der Waals surface area contributed by atoms with Gasteiger partial charge in [-0.1, -0.05) is 84.4 Å². The van der Waals surface area contributed by atoms with Crippen LogP contribution in [-0.2, 0) is 57.2 Å². The summed E-state index contributed by atoms with van der Waals surface area (Å²) in [7, 11) is 4.55. The molecule has 15 atom stereocenters. The molecule has 1 aliphatic carbocycles. The number of cyclic esters (lactones) is 1. The van der Waals surface area contributed by atoms with Crippen molar-refractivity contribution in [1.82, 2.24) is 4.90 Å². The lowest BCUT2D eigenvalue weighted by atomic mass is 9.78. The maximum Gasteiger partial charge on any atom is 0.329 e. The van der Waals surface area contributed by atoms with Gasteiger partial charge in [-0.2, -0.15) is 0 Å². The molecular weight excluding hydrogens is 911 g/mol. The van der Waals surface area contributed by atoms with Gasteiger partial charge in [0.15, 0.2) is 5.78 Å². The van der Waals surface area contributed by atoms with Crippen molar-refractivity contribution >= 4 is 35.2 Å². The van der Waals surface area contributed by atoms with E-state index in [-0.39, 0.29) is 66.9 Å². The first-order valence-electron chi connectivity index (χ1n) is 26.4. The Bertz CT molecular complexity index is 1920. The number of amides is 1. The largest absolute Gasteiger partial charge is 0.460 e. The van der Waals surface area contributed by atoms with E-state index in [1.54, 1.807) is 41.1 Å².